The van der Waals surface area contributed by atoms with Gasteiger partial charge in [-0.2, -0.15) is 0 Å². The van der Waals surface area contributed by atoms with Gasteiger partial charge in [0.05, 0.1) is 10.0 Å². The molecule has 0 fully saturated rings. The molecule has 0 bridgehead atoms. The third-order valence-corrected chi connectivity index (χ3v) is 4.19. The van der Waals surface area contributed by atoms with E-state index in [1.165, 1.54) is 5.56 Å². The quantitative estimate of drug-likeness (QED) is 0.729. The summed E-state index contributed by atoms with van der Waals surface area (Å²) in [7, 11) is 0. The van der Waals surface area contributed by atoms with Crippen LogP contribution < -0.4 is 10.1 Å². The van der Waals surface area contributed by atoms with Gasteiger partial charge in [-0.3, -0.25) is 0 Å². The third-order valence-electron chi connectivity index (χ3n) is 2.72. The lowest BCUT2D eigenvalue weighted by molar-refractivity contribution is 0.482. The number of ether oxygens (including phenoxy) is 1. The zero-order chi connectivity index (χ0) is 14.5. The average molecular weight is 375 g/mol. The van der Waals surface area contributed by atoms with Crippen LogP contribution in [0.3, 0.4) is 0 Å². The molecule has 0 radical (unpaired) electrons. The van der Waals surface area contributed by atoms with Crippen LogP contribution >= 0.6 is 39.1 Å². The second kappa shape index (κ2) is 7.32. The highest BCUT2D eigenvalue weighted by Crippen LogP contribution is 2.31. The SMILES string of the molecule is CCNCc1ccc(Oc2ccc(Cl)c(Cl)c2)cc1Br. The Hall–Kier alpha value is -0.740. The Kier molecular flexibility index (Phi) is 5.73. The fourth-order valence-electron chi connectivity index (χ4n) is 1.67. The molecule has 0 heterocycles. The second-order valence-electron chi connectivity index (χ2n) is 4.21. The first-order valence-electron chi connectivity index (χ1n) is 6.22. The Morgan fingerprint density at radius 2 is 1.75 bits per heavy atom. The summed E-state index contributed by atoms with van der Waals surface area (Å²) in [4.78, 5) is 0. The maximum Gasteiger partial charge on any atom is 0.129 e. The highest BCUT2D eigenvalue weighted by molar-refractivity contribution is 9.10. The Morgan fingerprint density at radius 1 is 1.05 bits per heavy atom. The normalized spacial score (nSPS) is 10.6. The van der Waals surface area contributed by atoms with Crippen molar-refractivity contribution < 1.29 is 4.74 Å². The lowest BCUT2D eigenvalue weighted by atomic mass is 10.2. The molecule has 0 atom stereocenters. The summed E-state index contributed by atoms with van der Waals surface area (Å²) in [6.45, 7) is 3.84. The topological polar surface area (TPSA) is 21.3 Å². The van der Waals surface area contributed by atoms with Crippen LogP contribution in [0.2, 0.25) is 10.0 Å². The number of benzene rings is 2. The summed E-state index contributed by atoms with van der Waals surface area (Å²) in [6.07, 6.45) is 0. The monoisotopic (exact) mass is 373 g/mol. The lowest BCUT2D eigenvalue weighted by Crippen LogP contribution is -2.11. The van der Waals surface area contributed by atoms with E-state index in [1.807, 2.05) is 18.2 Å². The molecule has 0 saturated heterocycles. The number of hydrogen-bond donors (Lipinski definition) is 1. The van der Waals surface area contributed by atoms with Crippen LogP contribution in [-0.2, 0) is 6.54 Å². The fraction of sp³-hybridized carbons (Fsp3) is 0.200. The van der Waals surface area contributed by atoms with Crippen molar-refractivity contribution >= 4 is 39.1 Å². The summed E-state index contributed by atoms with van der Waals surface area (Å²) in [6, 6.07) is 11.1. The minimum absolute atomic E-state index is 0.479. The lowest BCUT2D eigenvalue weighted by Gasteiger charge is -2.10. The molecular formula is C15H14BrCl2NO. The summed E-state index contributed by atoms with van der Waals surface area (Å²) >= 11 is 15.4. The van der Waals surface area contributed by atoms with Crippen LogP contribution in [0, 0.1) is 0 Å². The molecule has 0 aliphatic carbocycles. The Bertz CT molecular complexity index is 604. The molecule has 0 aromatic heterocycles. The van der Waals surface area contributed by atoms with Gasteiger partial charge in [-0.1, -0.05) is 52.1 Å². The zero-order valence-electron chi connectivity index (χ0n) is 10.9. The van der Waals surface area contributed by atoms with Gasteiger partial charge < -0.3 is 10.1 Å². The van der Waals surface area contributed by atoms with Crippen molar-refractivity contribution in [1.82, 2.24) is 5.32 Å². The molecule has 0 saturated carbocycles. The summed E-state index contributed by atoms with van der Waals surface area (Å²) in [5.41, 5.74) is 1.19. The average Bonchev–Trinajstić information content (AvgIpc) is 2.42. The van der Waals surface area contributed by atoms with Crippen molar-refractivity contribution in [2.45, 2.75) is 13.5 Å². The molecule has 2 rings (SSSR count). The first kappa shape index (κ1) is 15.6. The van der Waals surface area contributed by atoms with Gasteiger partial charge >= 0.3 is 0 Å². The molecule has 2 nitrogen and oxygen atoms in total. The van der Waals surface area contributed by atoms with E-state index < -0.39 is 0 Å². The Balaban J connectivity index is 2.13. The van der Waals surface area contributed by atoms with Gasteiger partial charge in [0.25, 0.3) is 0 Å². The molecule has 106 valence electrons. The van der Waals surface area contributed by atoms with E-state index in [0.717, 1.165) is 23.3 Å². The van der Waals surface area contributed by atoms with Gasteiger partial charge in [-0.25, -0.2) is 0 Å². The number of hydrogen-bond acceptors (Lipinski definition) is 2. The zero-order valence-corrected chi connectivity index (χ0v) is 14.0. The summed E-state index contributed by atoms with van der Waals surface area (Å²) in [5, 5.41) is 4.28. The molecule has 20 heavy (non-hydrogen) atoms. The Labute approximate surface area is 137 Å². The predicted molar refractivity (Wildman–Crippen MR) is 88.1 cm³/mol. The number of rotatable bonds is 5. The van der Waals surface area contributed by atoms with Crippen LogP contribution in [0.15, 0.2) is 40.9 Å². The van der Waals surface area contributed by atoms with Crippen LogP contribution in [0.1, 0.15) is 12.5 Å². The predicted octanol–water partition coefficient (Wildman–Crippen LogP) is 5.66. The minimum atomic E-state index is 0.479. The number of nitrogens with one attached hydrogen (secondary N) is 1. The number of halogens is 3. The molecule has 0 spiro atoms. The van der Waals surface area contributed by atoms with Gasteiger partial charge in [-0.05, 0) is 36.4 Å². The molecule has 0 amide bonds. The van der Waals surface area contributed by atoms with Gasteiger partial charge in [0.2, 0.25) is 0 Å². The fourth-order valence-corrected chi connectivity index (χ4v) is 2.46. The van der Waals surface area contributed by atoms with Gasteiger partial charge in [-0.15, -0.1) is 0 Å². The Morgan fingerprint density at radius 3 is 2.40 bits per heavy atom. The largest absolute Gasteiger partial charge is 0.457 e. The molecule has 2 aromatic rings. The van der Waals surface area contributed by atoms with E-state index in [-0.39, 0.29) is 0 Å². The standard InChI is InChI=1S/C15H14BrCl2NO/c1-2-19-9-10-3-4-11(7-13(10)16)20-12-5-6-14(17)15(18)8-12/h3-8,19H,2,9H2,1H3. The van der Waals surface area contributed by atoms with Crippen molar-refractivity contribution in [3.8, 4) is 11.5 Å². The smallest absolute Gasteiger partial charge is 0.129 e. The van der Waals surface area contributed by atoms with Gasteiger partial charge in [0, 0.05) is 17.1 Å². The first-order chi connectivity index (χ1) is 9.60. The van der Waals surface area contributed by atoms with E-state index in [0.29, 0.717) is 15.8 Å². The van der Waals surface area contributed by atoms with E-state index in [4.69, 9.17) is 27.9 Å². The van der Waals surface area contributed by atoms with Crippen molar-refractivity contribution in [2.24, 2.45) is 0 Å². The van der Waals surface area contributed by atoms with Crippen LogP contribution in [0.25, 0.3) is 0 Å². The highest BCUT2D eigenvalue weighted by Gasteiger charge is 2.05. The molecule has 0 unspecified atom stereocenters. The second-order valence-corrected chi connectivity index (χ2v) is 5.88. The van der Waals surface area contributed by atoms with E-state index >= 15 is 0 Å². The third kappa shape index (κ3) is 4.13. The highest BCUT2D eigenvalue weighted by atomic mass is 79.9. The van der Waals surface area contributed by atoms with Gasteiger partial charge in [0.15, 0.2) is 0 Å². The molecule has 0 aliphatic rings. The molecule has 1 N–H and O–H groups in total. The summed E-state index contributed by atoms with van der Waals surface area (Å²) in [5.74, 6) is 1.40. The van der Waals surface area contributed by atoms with E-state index in [1.54, 1.807) is 18.2 Å². The van der Waals surface area contributed by atoms with Crippen LogP contribution in [0.5, 0.6) is 11.5 Å². The van der Waals surface area contributed by atoms with Crippen molar-refractivity contribution in [1.29, 1.82) is 0 Å². The molecule has 0 aliphatic heterocycles. The molecule has 2 aromatic carbocycles. The van der Waals surface area contributed by atoms with E-state index in [9.17, 15) is 0 Å². The van der Waals surface area contributed by atoms with E-state index in [2.05, 4.69) is 28.2 Å². The maximum absolute atomic E-state index is 5.96. The molecular weight excluding hydrogens is 361 g/mol. The first-order valence-corrected chi connectivity index (χ1v) is 7.77. The minimum Gasteiger partial charge on any atom is -0.457 e. The maximum atomic E-state index is 5.96. The summed E-state index contributed by atoms with van der Waals surface area (Å²) < 4.78 is 6.77. The van der Waals surface area contributed by atoms with Crippen molar-refractivity contribution in [3.63, 3.8) is 0 Å². The molecule has 5 heteroatoms. The van der Waals surface area contributed by atoms with Crippen LogP contribution in [-0.4, -0.2) is 6.54 Å². The van der Waals surface area contributed by atoms with Crippen molar-refractivity contribution in [2.75, 3.05) is 6.54 Å². The van der Waals surface area contributed by atoms with Gasteiger partial charge in [0.1, 0.15) is 11.5 Å². The van der Waals surface area contributed by atoms with Crippen molar-refractivity contribution in [3.05, 3.63) is 56.5 Å². The van der Waals surface area contributed by atoms with Crippen LogP contribution in [0.4, 0.5) is 0 Å².